The van der Waals surface area contributed by atoms with Crippen LogP contribution in [0, 0.1) is 0 Å². The van der Waals surface area contributed by atoms with Gasteiger partial charge < -0.3 is 10.5 Å². The monoisotopic (exact) mass is 293 g/mol. The van der Waals surface area contributed by atoms with Crippen molar-refractivity contribution in [3.8, 4) is 5.75 Å². The summed E-state index contributed by atoms with van der Waals surface area (Å²) < 4.78 is 77.4. The molecule has 0 aliphatic heterocycles. The molecule has 18 heavy (non-hydrogen) atoms. The fourth-order valence-corrected chi connectivity index (χ4v) is 1.22. The summed E-state index contributed by atoms with van der Waals surface area (Å²) in [5.41, 5.74) is 5.33. The molecule has 0 aromatic heterocycles. The van der Waals surface area contributed by atoms with Gasteiger partial charge in [0.2, 0.25) is 0 Å². The summed E-state index contributed by atoms with van der Waals surface area (Å²) in [6.07, 6.45) is -15.3. The highest BCUT2D eigenvalue weighted by Gasteiger charge is 2.59. The van der Waals surface area contributed by atoms with Crippen LogP contribution in [0.3, 0.4) is 0 Å². The SMILES string of the molecule is Nc1ccc(OC(F)(F)[C@@H](F)C(F)(F)F)c(Cl)c1. The number of nitrogen functional groups attached to an aromatic ring is 1. The standard InChI is InChI=1S/C9H6ClF6NO/c10-5-3-4(17)1-2-6(5)18-9(15,16)7(11)8(12,13)14/h1-3,7H,17H2/t7-/m0/s1. The Morgan fingerprint density at radius 2 is 1.72 bits per heavy atom. The lowest BCUT2D eigenvalue weighted by Crippen LogP contribution is -2.45. The zero-order chi connectivity index (χ0) is 14.1. The lowest BCUT2D eigenvalue weighted by Gasteiger charge is -2.23. The molecule has 0 aliphatic carbocycles. The van der Waals surface area contributed by atoms with E-state index in [1.807, 2.05) is 0 Å². The summed E-state index contributed by atoms with van der Waals surface area (Å²) in [5, 5.41) is -0.455. The summed E-state index contributed by atoms with van der Waals surface area (Å²) in [7, 11) is 0. The Morgan fingerprint density at radius 3 is 2.17 bits per heavy atom. The zero-order valence-corrected chi connectivity index (χ0v) is 9.20. The Kier molecular flexibility index (Phi) is 3.89. The van der Waals surface area contributed by atoms with Crippen molar-refractivity contribution < 1.29 is 31.1 Å². The molecular weight excluding hydrogens is 288 g/mol. The fraction of sp³-hybridized carbons (Fsp3) is 0.333. The third-order valence-electron chi connectivity index (χ3n) is 1.78. The molecule has 102 valence electrons. The predicted molar refractivity (Wildman–Crippen MR) is 52.4 cm³/mol. The van der Waals surface area contributed by atoms with Crippen LogP contribution in [-0.4, -0.2) is 18.5 Å². The molecule has 0 fully saturated rings. The normalized spacial score (nSPS) is 14.4. The first-order valence-corrected chi connectivity index (χ1v) is 4.74. The average Bonchev–Trinajstić information content (AvgIpc) is 2.20. The Hall–Kier alpha value is -1.31. The molecule has 2 nitrogen and oxygen atoms in total. The number of alkyl halides is 6. The summed E-state index contributed by atoms with van der Waals surface area (Å²) in [4.78, 5) is 0. The molecule has 1 rings (SSSR count). The average molecular weight is 294 g/mol. The highest BCUT2D eigenvalue weighted by atomic mass is 35.5. The van der Waals surface area contributed by atoms with Crippen LogP contribution in [-0.2, 0) is 0 Å². The molecule has 0 saturated heterocycles. The van der Waals surface area contributed by atoms with Gasteiger partial charge in [-0.3, -0.25) is 0 Å². The van der Waals surface area contributed by atoms with Crippen LogP contribution < -0.4 is 10.5 Å². The number of hydrogen-bond donors (Lipinski definition) is 1. The number of benzene rings is 1. The quantitative estimate of drug-likeness (QED) is 0.680. The van der Waals surface area contributed by atoms with E-state index in [2.05, 4.69) is 4.74 Å². The number of hydrogen-bond acceptors (Lipinski definition) is 2. The molecule has 1 aromatic carbocycles. The summed E-state index contributed by atoms with van der Waals surface area (Å²) in [6.45, 7) is 0. The number of anilines is 1. The predicted octanol–water partition coefficient (Wildman–Crippen LogP) is 3.79. The molecule has 0 aliphatic rings. The van der Waals surface area contributed by atoms with Crippen molar-refractivity contribution in [2.75, 3.05) is 5.73 Å². The molecule has 1 aromatic rings. The molecule has 0 bridgehead atoms. The second kappa shape index (κ2) is 4.75. The van der Waals surface area contributed by atoms with Crippen LogP contribution in [0.5, 0.6) is 5.75 Å². The van der Waals surface area contributed by atoms with Crippen molar-refractivity contribution in [3.63, 3.8) is 0 Å². The van der Waals surface area contributed by atoms with Crippen LogP contribution >= 0.6 is 11.6 Å². The maximum atomic E-state index is 12.9. The highest BCUT2D eigenvalue weighted by molar-refractivity contribution is 6.32. The summed E-state index contributed by atoms with van der Waals surface area (Å²) >= 11 is 5.41. The largest absolute Gasteiger partial charge is 0.439 e. The minimum atomic E-state index is -5.75. The molecule has 0 saturated carbocycles. The van der Waals surface area contributed by atoms with Crippen molar-refractivity contribution in [1.29, 1.82) is 0 Å². The fourth-order valence-electron chi connectivity index (χ4n) is 0.989. The van der Waals surface area contributed by atoms with Gasteiger partial charge in [-0.15, -0.1) is 0 Å². The number of rotatable bonds is 3. The van der Waals surface area contributed by atoms with Gasteiger partial charge in [-0.1, -0.05) is 11.6 Å². The maximum Gasteiger partial charge on any atom is 0.439 e. The molecule has 0 amide bonds. The van der Waals surface area contributed by atoms with Gasteiger partial charge in [0.15, 0.2) is 0 Å². The smallest absolute Gasteiger partial charge is 0.429 e. The van der Waals surface area contributed by atoms with E-state index in [-0.39, 0.29) is 5.69 Å². The van der Waals surface area contributed by atoms with Crippen LogP contribution in [0.25, 0.3) is 0 Å². The maximum absolute atomic E-state index is 12.9. The first kappa shape index (κ1) is 14.7. The molecule has 1 atom stereocenters. The van der Waals surface area contributed by atoms with Crippen LogP contribution in [0.2, 0.25) is 5.02 Å². The minimum Gasteiger partial charge on any atom is -0.429 e. The highest BCUT2D eigenvalue weighted by Crippen LogP contribution is 2.38. The van der Waals surface area contributed by atoms with Crippen molar-refractivity contribution in [3.05, 3.63) is 23.2 Å². The molecule has 0 unspecified atom stereocenters. The molecule has 0 heterocycles. The second-order valence-corrected chi connectivity index (χ2v) is 3.67. The van der Waals surface area contributed by atoms with Crippen LogP contribution in [0.15, 0.2) is 18.2 Å². The first-order valence-electron chi connectivity index (χ1n) is 4.36. The number of halogens is 7. The van der Waals surface area contributed by atoms with Crippen LogP contribution in [0.4, 0.5) is 32.0 Å². The lowest BCUT2D eigenvalue weighted by atomic mass is 10.3. The zero-order valence-electron chi connectivity index (χ0n) is 8.44. The molecule has 9 heteroatoms. The lowest BCUT2D eigenvalue weighted by molar-refractivity contribution is -0.304. The topological polar surface area (TPSA) is 35.2 Å². The Labute approximate surface area is 102 Å². The van der Waals surface area contributed by atoms with Crippen molar-refractivity contribution in [1.82, 2.24) is 0 Å². The van der Waals surface area contributed by atoms with Crippen molar-refractivity contribution in [2.45, 2.75) is 18.5 Å². The van der Waals surface area contributed by atoms with Gasteiger partial charge in [-0.05, 0) is 18.2 Å². The van der Waals surface area contributed by atoms with Crippen molar-refractivity contribution >= 4 is 17.3 Å². The Morgan fingerprint density at radius 1 is 1.17 bits per heavy atom. The number of ether oxygens (including phenoxy) is 1. The number of nitrogens with two attached hydrogens (primary N) is 1. The van der Waals surface area contributed by atoms with E-state index in [1.165, 1.54) is 0 Å². The van der Waals surface area contributed by atoms with E-state index < -0.39 is 29.2 Å². The molecule has 0 radical (unpaired) electrons. The van der Waals surface area contributed by atoms with E-state index in [4.69, 9.17) is 17.3 Å². The van der Waals surface area contributed by atoms with Gasteiger partial charge in [0, 0.05) is 5.69 Å². The van der Waals surface area contributed by atoms with E-state index in [9.17, 15) is 26.3 Å². The van der Waals surface area contributed by atoms with Gasteiger partial charge in [0.25, 0.3) is 6.17 Å². The van der Waals surface area contributed by atoms with Gasteiger partial charge >= 0.3 is 12.3 Å². The first-order chi connectivity index (χ1) is 8.04. The van der Waals surface area contributed by atoms with E-state index in [0.29, 0.717) is 0 Å². The van der Waals surface area contributed by atoms with E-state index >= 15 is 0 Å². The molecular formula is C9H6ClF6NO. The van der Waals surface area contributed by atoms with E-state index in [0.717, 1.165) is 18.2 Å². The van der Waals surface area contributed by atoms with Gasteiger partial charge in [-0.25, -0.2) is 4.39 Å². The Balaban J connectivity index is 2.95. The molecule has 2 N–H and O–H groups in total. The van der Waals surface area contributed by atoms with Gasteiger partial charge in [0.05, 0.1) is 5.02 Å². The second-order valence-electron chi connectivity index (χ2n) is 3.26. The summed E-state index contributed by atoms with van der Waals surface area (Å²) in [6, 6.07) is 2.86. The summed E-state index contributed by atoms with van der Waals surface area (Å²) in [5.74, 6) is -0.803. The molecule has 0 spiro atoms. The Bertz CT molecular complexity index is 436. The van der Waals surface area contributed by atoms with Crippen molar-refractivity contribution in [2.24, 2.45) is 0 Å². The third kappa shape index (κ3) is 3.34. The van der Waals surface area contributed by atoms with Gasteiger partial charge in [-0.2, -0.15) is 22.0 Å². The third-order valence-corrected chi connectivity index (χ3v) is 2.08. The minimum absolute atomic E-state index is 0.0864. The van der Waals surface area contributed by atoms with E-state index in [1.54, 1.807) is 0 Å². The van der Waals surface area contributed by atoms with Crippen LogP contribution in [0.1, 0.15) is 0 Å². The van der Waals surface area contributed by atoms with Gasteiger partial charge in [0.1, 0.15) is 5.75 Å².